The highest BCUT2D eigenvalue weighted by Crippen LogP contribution is 2.30. The van der Waals surface area contributed by atoms with Gasteiger partial charge in [0.1, 0.15) is 23.1 Å². The molecule has 188 valence electrons. The molecule has 2 amide bonds. The van der Waals surface area contributed by atoms with Gasteiger partial charge in [-0.2, -0.15) is 0 Å². The largest absolute Gasteiger partial charge is 0.497 e. The molecule has 8 nitrogen and oxygen atoms in total. The van der Waals surface area contributed by atoms with Crippen LogP contribution in [0.25, 0.3) is 10.9 Å². The van der Waals surface area contributed by atoms with E-state index in [1.165, 1.54) is 18.0 Å². The van der Waals surface area contributed by atoms with Gasteiger partial charge in [0.25, 0.3) is 5.91 Å². The van der Waals surface area contributed by atoms with Crippen LogP contribution in [-0.4, -0.2) is 77.2 Å². The molecule has 0 unspecified atom stereocenters. The number of halogens is 1. The van der Waals surface area contributed by atoms with Gasteiger partial charge >= 0.3 is 0 Å². The smallest absolute Gasteiger partial charge is 0.272 e. The van der Waals surface area contributed by atoms with E-state index in [9.17, 15) is 14.0 Å². The van der Waals surface area contributed by atoms with E-state index in [0.717, 1.165) is 48.3 Å². The number of benzene rings is 1. The van der Waals surface area contributed by atoms with E-state index in [4.69, 9.17) is 4.74 Å². The summed E-state index contributed by atoms with van der Waals surface area (Å²) in [6.45, 7) is 2.36. The minimum absolute atomic E-state index is 0.0956. The van der Waals surface area contributed by atoms with E-state index in [1.54, 1.807) is 18.1 Å². The van der Waals surface area contributed by atoms with Crippen molar-refractivity contribution in [3.05, 3.63) is 53.6 Å². The maximum atomic E-state index is 14.7. The number of ether oxygens (including phenoxy) is 1. The second-order valence-corrected chi connectivity index (χ2v) is 10.1. The zero-order valence-corrected chi connectivity index (χ0v) is 21.1. The average molecular weight is 510 g/mol. The van der Waals surface area contributed by atoms with Crippen molar-refractivity contribution in [1.82, 2.24) is 19.8 Å². The van der Waals surface area contributed by atoms with Gasteiger partial charge in [-0.1, -0.05) is 0 Å². The van der Waals surface area contributed by atoms with Gasteiger partial charge in [0.15, 0.2) is 0 Å². The zero-order chi connectivity index (χ0) is 25.2. The van der Waals surface area contributed by atoms with Crippen LogP contribution in [0, 0.1) is 5.82 Å². The lowest BCUT2D eigenvalue weighted by Gasteiger charge is -2.36. The van der Waals surface area contributed by atoms with Crippen molar-refractivity contribution in [2.75, 3.05) is 44.9 Å². The van der Waals surface area contributed by atoms with Crippen molar-refractivity contribution in [3.8, 4) is 5.75 Å². The van der Waals surface area contributed by atoms with E-state index < -0.39 is 0 Å². The Morgan fingerprint density at radius 2 is 2.08 bits per heavy atom. The van der Waals surface area contributed by atoms with Crippen LogP contribution in [0.1, 0.15) is 28.9 Å². The molecule has 4 heterocycles. The first-order valence-corrected chi connectivity index (χ1v) is 13.0. The maximum absolute atomic E-state index is 14.7. The fraction of sp³-hybridized carbons (Fsp3) is 0.385. The molecule has 1 fully saturated rings. The lowest BCUT2D eigenvalue weighted by atomic mass is 10.0. The van der Waals surface area contributed by atoms with E-state index in [2.05, 4.69) is 20.2 Å². The van der Waals surface area contributed by atoms with Crippen molar-refractivity contribution in [3.63, 3.8) is 0 Å². The number of fused-ring (bicyclic) bond motifs is 2. The molecule has 0 saturated carbocycles. The maximum Gasteiger partial charge on any atom is 0.272 e. The summed E-state index contributed by atoms with van der Waals surface area (Å²) in [5.74, 6) is 0.934. The van der Waals surface area contributed by atoms with Crippen molar-refractivity contribution in [1.29, 1.82) is 0 Å². The SMILES string of the molecule is COc1ccc2ncc(F)c(CCN3CCC(N(C)C(=O)c4ccc5c(n4)NC(=O)CS5)CC3)c2c1. The molecule has 2 aromatic heterocycles. The first-order valence-electron chi connectivity index (χ1n) is 12.0. The summed E-state index contributed by atoms with van der Waals surface area (Å²) < 4.78 is 20.0. The topological polar surface area (TPSA) is 87.7 Å². The second-order valence-electron chi connectivity index (χ2n) is 9.09. The van der Waals surface area contributed by atoms with E-state index in [1.807, 2.05) is 31.3 Å². The molecule has 0 spiro atoms. The highest BCUT2D eigenvalue weighted by atomic mass is 32.2. The number of carbonyl (C=O) groups excluding carboxylic acids is 2. The molecular weight excluding hydrogens is 481 g/mol. The zero-order valence-electron chi connectivity index (χ0n) is 20.3. The molecule has 36 heavy (non-hydrogen) atoms. The van der Waals surface area contributed by atoms with Crippen LogP contribution >= 0.6 is 11.8 Å². The number of hydrogen-bond acceptors (Lipinski definition) is 7. The predicted octanol–water partition coefficient (Wildman–Crippen LogP) is 3.60. The summed E-state index contributed by atoms with van der Waals surface area (Å²) in [6, 6.07) is 9.17. The molecule has 0 bridgehead atoms. The molecule has 1 saturated heterocycles. The lowest BCUT2D eigenvalue weighted by molar-refractivity contribution is -0.113. The first kappa shape index (κ1) is 24.5. The number of nitrogens with zero attached hydrogens (tertiary/aromatic N) is 4. The number of anilines is 1. The second kappa shape index (κ2) is 10.4. The van der Waals surface area contributed by atoms with E-state index >= 15 is 0 Å². The van der Waals surface area contributed by atoms with E-state index in [-0.39, 0.29) is 23.7 Å². The number of likely N-dealkylation sites (tertiary alicyclic amines) is 1. The standard InChI is InChI=1S/C26H28FN5O3S/c1-31(26(34)22-5-6-23-25(29-22)30-24(33)15-36-23)16-7-10-32(11-8-16)12-9-18-19-13-17(35-2)3-4-21(19)28-14-20(18)27/h3-6,13-14,16H,7-12,15H2,1-2H3,(H,29,30,33). The van der Waals surface area contributed by atoms with Crippen molar-refractivity contribution in [2.24, 2.45) is 0 Å². The fourth-order valence-corrected chi connectivity index (χ4v) is 5.57. The summed E-state index contributed by atoms with van der Waals surface area (Å²) in [7, 11) is 3.40. The highest BCUT2D eigenvalue weighted by Gasteiger charge is 2.28. The Balaban J connectivity index is 1.19. The normalized spacial score (nSPS) is 16.5. The molecule has 0 radical (unpaired) electrons. The number of aromatic nitrogens is 2. The molecule has 2 aliphatic rings. The third kappa shape index (κ3) is 5.01. The van der Waals surface area contributed by atoms with Crippen LogP contribution in [0.2, 0.25) is 0 Å². The third-order valence-electron chi connectivity index (χ3n) is 6.93. The van der Waals surface area contributed by atoms with Crippen molar-refractivity contribution in [2.45, 2.75) is 30.2 Å². The fourth-order valence-electron chi connectivity index (χ4n) is 4.81. The number of hydrogen-bond donors (Lipinski definition) is 1. The summed E-state index contributed by atoms with van der Waals surface area (Å²) >= 11 is 1.42. The molecule has 5 rings (SSSR count). The van der Waals surface area contributed by atoms with Crippen molar-refractivity contribution >= 4 is 40.3 Å². The third-order valence-corrected chi connectivity index (χ3v) is 7.98. The molecule has 2 aliphatic heterocycles. The minimum atomic E-state index is -0.303. The Kier molecular flexibility index (Phi) is 7.06. The Bertz CT molecular complexity index is 1310. The van der Waals surface area contributed by atoms with Crippen LogP contribution in [0.15, 0.2) is 41.4 Å². The number of piperidine rings is 1. The summed E-state index contributed by atoms with van der Waals surface area (Å²) in [4.78, 5) is 38.3. The van der Waals surface area contributed by atoms with Gasteiger partial charge in [0.05, 0.1) is 29.5 Å². The van der Waals surface area contributed by atoms with E-state index in [0.29, 0.717) is 35.0 Å². The molecule has 0 atom stereocenters. The van der Waals surface area contributed by atoms with Crippen LogP contribution in [0.3, 0.4) is 0 Å². The number of nitrogens with one attached hydrogen (secondary N) is 1. The molecule has 3 aromatic rings. The van der Waals surface area contributed by atoms with Gasteiger partial charge in [-0.05, 0) is 49.6 Å². The van der Waals surface area contributed by atoms with Gasteiger partial charge in [-0.25, -0.2) is 9.37 Å². The monoisotopic (exact) mass is 509 g/mol. The molecular formula is C26H28FN5O3S. The van der Waals surface area contributed by atoms with Gasteiger partial charge in [0, 0.05) is 43.7 Å². The van der Waals surface area contributed by atoms with Crippen LogP contribution < -0.4 is 10.1 Å². The van der Waals surface area contributed by atoms with Crippen molar-refractivity contribution < 1.29 is 18.7 Å². The van der Waals surface area contributed by atoms with Gasteiger partial charge in [0.2, 0.25) is 5.91 Å². The molecule has 0 aliphatic carbocycles. The van der Waals surface area contributed by atoms with Crippen LogP contribution in [0.4, 0.5) is 10.2 Å². The van der Waals surface area contributed by atoms with Gasteiger partial charge in [-0.3, -0.25) is 14.6 Å². The number of pyridine rings is 2. The van der Waals surface area contributed by atoms with Gasteiger partial charge in [-0.15, -0.1) is 11.8 Å². The Hall–Kier alpha value is -3.24. The molecule has 10 heteroatoms. The average Bonchev–Trinajstić information content (AvgIpc) is 2.91. The number of methoxy groups -OCH3 is 1. The van der Waals surface area contributed by atoms with Gasteiger partial charge < -0.3 is 19.9 Å². The first-order chi connectivity index (χ1) is 17.4. The Labute approximate surface area is 213 Å². The predicted molar refractivity (Wildman–Crippen MR) is 137 cm³/mol. The number of rotatable bonds is 6. The van der Waals surface area contributed by atoms with Crippen LogP contribution in [-0.2, 0) is 11.2 Å². The Morgan fingerprint density at radius 1 is 1.28 bits per heavy atom. The Morgan fingerprint density at radius 3 is 2.86 bits per heavy atom. The quantitative estimate of drug-likeness (QED) is 0.543. The number of carbonyl (C=O) groups is 2. The number of thioether (sulfide) groups is 1. The van der Waals surface area contributed by atoms with Crippen LogP contribution in [0.5, 0.6) is 5.75 Å². The molecule has 1 aromatic carbocycles. The lowest BCUT2D eigenvalue weighted by Crippen LogP contribution is -2.46. The minimum Gasteiger partial charge on any atom is -0.497 e. The summed E-state index contributed by atoms with van der Waals surface area (Å²) in [5.41, 5.74) is 1.73. The highest BCUT2D eigenvalue weighted by molar-refractivity contribution is 8.00. The number of amides is 2. The molecule has 1 N–H and O–H groups in total. The summed E-state index contributed by atoms with van der Waals surface area (Å²) in [6.07, 6.45) is 3.51. The summed E-state index contributed by atoms with van der Waals surface area (Å²) in [5, 5.41) is 3.52.